The van der Waals surface area contributed by atoms with Gasteiger partial charge in [0.05, 0.1) is 6.21 Å². The molecule has 0 bridgehead atoms. The van der Waals surface area contributed by atoms with E-state index in [0.717, 1.165) is 22.0 Å². The van der Waals surface area contributed by atoms with E-state index in [0.29, 0.717) is 6.42 Å². The fourth-order valence-electron chi connectivity index (χ4n) is 2.59. The summed E-state index contributed by atoms with van der Waals surface area (Å²) in [5, 5.41) is 9.58. The second-order valence-corrected chi connectivity index (χ2v) is 5.65. The number of pyridine rings is 1. The highest BCUT2D eigenvalue weighted by Crippen LogP contribution is 2.23. The molecule has 2 aromatic carbocycles. The number of hydrogen-bond donors (Lipinski definition) is 2. The monoisotopic (exact) mass is 332 g/mol. The number of benzene rings is 2. The Bertz CT molecular complexity index is 872. The number of hydrogen-bond acceptors (Lipinski definition) is 4. The molecule has 0 saturated carbocycles. The summed E-state index contributed by atoms with van der Waals surface area (Å²) in [6, 6.07) is 17.4. The van der Waals surface area contributed by atoms with E-state index in [1.54, 1.807) is 18.6 Å². The molecule has 0 saturated heterocycles. The van der Waals surface area contributed by atoms with Crippen LogP contribution < -0.4 is 10.7 Å². The van der Waals surface area contributed by atoms with Crippen molar-refractivity contribution in [3.8, 4) is 0 Å². The van der Waals surface area contributed by atoms with E-state index in [2.05, 4.69) is 33.0 Å². The first kappa shape index (κ1) is 16.6. The Morgan fingerprint density at radius 1 is 1.12 bits per heavy atom. The molecule has 2 N–H and O–H groups in total. The van der Waals surface area contributed by atoms with Crippen molar-refractivity contribution in [3.05, 3.63) is 72.6 Å². The molecule has 0 aliphatic carbocycles. The van der Waals surface area contributed by atoms with Crippen LogP contribution in [0.15, 0.2) is 72.1 Å². The van der Waals surface area contributed by atoms with Crippen LogP contribution in [-0.2, 0) is 4.79 Å². The minimum absolute atomic E-state index is 0.166. The van der Waals surface area contributed by atoms with Crippen molar-refractivity contribution in [1.29, 1.82) is 0 Å². The molecule has 1 atom stereocenters. The third-order valence-electron chi connectivity index (χ3n) is 3.94. The lowest BCUT2D eigenvalue weighted by atomic mass is 10.1. The highest BCUT2D eigenvalue weighted by molar-refractivity contribution is 5.96. The molecular weight excluding hydrogens is 312 g/mol. The minimum Gasteiger partial charge on any atom is -0.373 e. The molecule has 0 unspecified atom stereocenters. The van der Waals surface area contributed by atoms with Gasteiger partial charge in [-0.1, -0.05) is 43.3 Å². The topological polar surface area (TPSA) is 66.4 Å². The summed E-state index contributed by atoms with van der Waals surface area (Å²) in [5.41, 5.74) is 4.42. The van der Waals surface area contributed by atoms with Gasteiger partial charge in [-0.2, -0.15) is 5.10 Å². The largest absolute Gasteiger partial charge is 0.373 e. The Kier molecular flexibility index (Phi) is 5.36. The summed E-state index contributed by atoms with van der Waals surface area (Å²) in [5.74, 6) is -0.166. The van der Waals surface area contributed by atoms with Gasteiger partial charge in [0.2, 0.25) is 0 Å². The SMILES string of the molecule is CC[C@H](Nc1cccc2ccccc12)C(=O)N/N=C\c1ccncc1. The van der Waals surface area contributed by atoms with Gasteiger partial charge in [-0.3, -0.25) is 9.78 Å². The molecule has 25 heavy (non-hydrogen) atoms. The van der Waals surface area contributed by atoms with E-state index in [4.69, 9.17) is 0 Å². The lowest BCUT2D eigenvalue weighted by Crippen LogP contribution is -2.36. The molecule has 0 aliphatic heterocycles. The summed E-state index contributed by atoms with van der Waals surface area (Å²) in [7, 11) is 0. The van der Waals surface area contributed by atoms with E-state index >= 15 is 0 Å². The molecule has 1 aromatic heterocycles. The van der Waals surface area contributed by atoms with E-state index in [1.807, 2.05) is 49.4 Å². The van der Waals surface area contributed by atoms with Gasteiger partial charge in [-0.25, -0.2) is 5.43 Å². The number of carbonyl (C=O) groups excluding carboxylic acids is 1. The number of rotatable bonds is 6. The zero-order valence-electron chi connectivity index (χ0n) is 14.0. The zero-order chi connectivity index (χ0) is 17.5. The van der Waals surface area contributed by atoms with Crippen molar-refractivity contribution in [2.45, 2.75) is 19.4 Å². The average molecular weight is 332 g/mol. The number of anilines is 1. The van der Waals surface area contributed by atoms with Crippen LogP contribution in [0.1, 0.15) is 18.9 Å². The predicted octanol–water partition coefficient (Wildman–Crippen LogP) is 3.58. The van der Waals surface area contributed by atoms with E-state index in [-0.39, 0.29) is 11.9 Å². The maximum atomic E-state index is 12.4. The van der Waals surface area contributed by atoms with Gasteiger partial charge in [0.25, 0.3) is 5.91 Å². The Balaban J connectivity index is 1.69. The van der Waals surface area contributed by atoms with Crippen molar-refractivity contribution in [3.63, 3.8) is 0 Å². The summed E-state index contributed by atoms with van der Waals surface area (Å²) >= 11 is 0. The number of nitrogens with one attached hydrogen (secondary N) is 2. The van der Waals surface area contributed by atoms with E-state index in [9.17, 15) is 4.79 Å². The van der Waals surface area contributed by atoms with E-state index < -0.39 is 0 Å². The Morgan fingerprint density at radius 2 is 1.88 bits per heavy atom. The normalized spacial score (nSPS) is 12.2. The zero-order valence-corrected chi connectivity index (χ0v) is 14.0. The van der Waals surface area contributed by atoms with Gasteiger partial charge in [-0.15, -0.1) is 0 Å². The summed E-state index contributed by atoms with van der Waals surface area (Å²) < 4.78 is 0. The van der Waals surface area contributed by atoms with Gasteiger partial charge < -0.3 is 5.32 Å². The number of aromatic nitrogens is 1. The van der Waals surface area contributed by atoms with Crippen molar-refractivity contribution in [2.24, 2.45) is 5.10 Å². The quantitative estimate of drug-likeness (QED) is 0.536. The lowest BCUT2D eigenvalue weighted by molar-refractivity contribution is -0.121. The molecule has 0 aliphatic rings. The molecule has 1 heterocycles. The first-order chi connectivity index (χ1) is 12.3. The first-order valence-corrected chi connectivity index (χ1v) is 8.25. The fourth-order valence-corrected chi connectivity index (χ4v) is 2.59. The van der Waals surface area contributed by atoms with Gasteiger partial charge >= 0.3 is 0 Å². The first-order valence-electron chi connectivity index (χ1n) is 8.25. The van der Waals surface area contributed by atoms with Crippen LogP contribution in [-0.4, -0.2) is 23.1 Å². The van der Waals surface area contributed by atoms with Gasteiger partial charge in [-0.05, 0) is 35.6 Å². The summed E-state index contributed by atoms with van der Waals surface area (Å²) in [4.78, 5) is 16.3. The Hall–Kier alpha value is -3.21. The Labute approximate surface area is 146 Å². The molecule has 1 amide bonds. The lowest BCUT2D eigenvalue weighted by Gasteiger charge is -2.18. The van der Waals surface area contributed by atoms with Crippen molar-refractivity contribution in [2.75, 3.05) is 5.32 Å². The maximum absolute atomic E-state index is 12.4. The standard InChI is InChI=1S/C20H20N4O/c1-2-18(20(25)24-22-14-15-10-12-21-13-11-15)23-19-9-5-7-16-6-3-4-8-17(16)19/h3-14,18,23H,2H2,1H3,(H,24,25)/b22-14-/t18-/m0/s1. The van der Waals surface area contributed by atoms with Crippen LogP contribution in [0.3, 0.4) is 0 Å². The minimum atomic E-state index is -0.361. The number of carbonyl (C=O) groups is 1. The number of fused-ring (bicyclic) bond motifs is 1. The van der Waals surface area contributed by atoms with Crippen molar-refractivity contribution in [1.82, 2.24) is 10.4 Å². The van der Waals surface area contributed by atoms with Gasteiger partial charge in [0, 0.05) is 23.5 Å². The number of nitrogens with zero attached hydrogens (tertiary/aromatic N) is 2. The number of amides is 1. The maximum Gasteiger partial charge on any atom is 0.262 e. The van der Waals surface area contributed by atoms with Gasteiger partial charge in [0.1, 0.15) is 6.04 Å². The predicted molar refractivity (Wildman–Crippen MR) is 102 cm³/mol. The second kappa shape index (κ2) is 8.06. The number of hydrazone groups is 1. The Morgan fingerprint density at radius 3 is 2.68 bits per heavy atom. The van der Waals surface area contributed by atoms with Crippen LogP contribution in [0.2, 0.25) is 0 Å². The van der Waals surface area contributed by atoms with Gasteiger partial charge in [0.15, 0.2) is 0 Å². The van der Waals surface area contributed by atoms with Crippen LogP contribution in [0, 0.1) is 0 Å². The highest BCUT2D eigenvalue weighted by Gasteiger charge is 2.16. The van der Waals surface area contributed by atoms with Crippen LogP contribution in [0.5, 0.6) is 0 Å². The molecule has 3 aromatic rings. The second-order valence-electron chi connectivity index (χ2n) is 5.65. The van der Waals surface area contributed by atoms with Crippen LogP contribution in [0.25, 0.3) is 10.8 Å². The van der Waals surface area contributed by atoms with Crippen LogP contribution >= 0.6 is 0 Å². The summed E-state index contributed by atoms with van der Waals surface area (Å²) in [6.45, 7) is 1.97. The molecule has 5 nitrogen and oxygen atoms in total. The third-order valence-corrected chi connectivity index (χ3v) is 3.94. The molecular formula is C20H20N4O. The van der Waals surface area contributed by atoms with Crippen molar-refractivity contribution >= 4 is 28.6 Å². The van der Waals surface area contributed by atoms with Crippen LogP contribution in [0.4, 0.5) is 5.69 Å². The molecule has 5 heteroatoms. The third kappa shape index (κ3) is 4.20. The molecule has 126 valence electrons. The molecule has 0 spiro atoms. The summed E-state index contributed by atoms with van der Waals surface area (Å²) in [6.07, 6.45) is 5.62. The average Bonchev–Trinajstić information content (AvgIpc) is 2.67. The van der Waals surface area contributed by atoms with Crippen molar-refractivity contribution < 1.29 is 4.79 Å². The molecule has 3 rings (SSSR count). The van der Waals surface area contributed by atoms with E-state index in [1.165, 1.54) is 0 Å². The fraction of sp³-hybridized carbons (Fsp3) is 0.150. The smallest absolute Gasteiger partial charge is 0.262 e. The molecule has 0 fully saturated rings. The highest BCUT2D eigenvalue weighted by atomic mass is 16.2. The molecule has 0 radical (unpaired) electrons.